The second-order valence-corrected chi connectivity index (χ2v) is 5.51. The van der Waals surface area contributed by atoms with Crippen LogP contribution in [-0.2, 0) is 11.3 Å². The van der Waals surface area contributed by atoms with Crippen LogP contribution in [0.5, 0.6) is 0 Å². The zero-order valence-electron chi connectivity index (χ0n) is 12.4. The summed E-state index contributed by atoms with van der Waals surface area (Å²) in [6, 6.07) is 5.19. The molecule has 23 heavy (non-hydrogen) atoms. The van der Waals surface area contributed by atoms with Crippen LogP contribution in [0, 0.1) is 0 Å². The highest BCUT2D eigenvalue weighted by Gasteiger charge is 2.00. The Morgan fingerprint density at radius 3 is 2.48 bits per heavy atom. The normalized spacial score (nSPS) is 12.3. The van der Waals surface area contributed by atoms with Crippen molar-refractivity contribution in [3.05, 3.63) is 33.8 Å². The molecule has 1 aromatic rings. The number of carboxylic acid groups (broad SMARTS) is 1. The van der Waals surface area contributed by atoms with E-state index in [0.717, 1.165) is 5.56 Å². The zero-order chi connectivity index (χ0) is 17.2. The smallest absolute Gasteiger partial charge is 0.303 e. The predicted molar refractivity (Wildman–Crippen MR) is 92.9 cm³/mol. The van der Waals surface area contributed by atoms with Crippen molar-refractivity contribution in [2.45, 2.75) is 25.8 Å². The molecule has 0 radical (unpaired) electrons. The third kappa shape index (κ3) is 8.27. The molecule has 0 aliphatic carbocycles. The van der Waals surface area contributed by atoms with Gasteiger partial charge in [0.2, 0.25) is 0 Å². The van der Waals surface area contributed by atoms with Crippen LogP contribution in [0.4, 0.5) is 0 Å². The molecule has 0 aromatic heterocycles. The number of aliphatic imine (C=N–C) groups is 2. The SMILES string of the molecule is NC(=NCCCCC(=O)O)NC(N)=NCc1ccc(Cl)c(Cl)c1. The van der Waals surface area contributed by atoms with Gasteiger partial charge in [0.15, 0.2) is 11.9 Å². The van der Waals surface area contributed by atoms with Gasteiger partial charge in [0.05, 0.1) is 16.6 Å². The molecule has 7 nitrogen and oxygen atoms in total. The van der Waals surface area contributed by atoms with E-state index in [9.17, 15) is 4.79 Å². The van der Waals surface area contributed by atoms with Gasteiger partial charge in [0.1, 0.15) is 0 Å². The Morgan fingerprint density at radius 2 is 1.83 bits per heavy atom. The van der Waals surface area contributed by atoms with Crippen LogP contribution in [-0.4, -0.2) is 29.5 Å². The van der Waals surface area contributed by atoms with Crippen LogP contribution in [0.25, 0.3) is 0 Å². The van der Waals surface area contributed by atoms with E-state index in [2.05, 4.69) is 15.3 Å². The van der Waals surface area contributed by atoms with Gasteiger partial charge in [-0.25, -0.2) is 4.99 Å². The molecular weight excluding hydrogens is 341 g/mol. The maximum absolute atomic E-state index is 10.3. The highest BCUT2D eigenvalue weighted by atomic mass is 35.5. The number of hydrogen-bond donors (Lipinski definition) is 4. The van der Waals surface area contributed by atoms with Crippen molar-refractivity contribution in [3.8, 4) is 0 Å². The van der Waals surface area contributed by atoms with Crippen LogP contribution >= 0.6 is 23.2 Å². The van der Waals surface area contributed by atoms with E-state index in [0.29, 0.717) is 36.0 Å². The molecule has 126 valence electrons. The number of nitrogens with zero attached hydrogens (tertiary/aromatic N) is 2. The fourth-order valence-electron chi connectivity index (χ4n) is 1.61. The van der Waals surface area contributed by atoms with Crippen molar-refractivity contribution in [2.75, 3.05) is 6.54 Å². The summed E-state index contributed by atoms with van der Waals surface area (Å²) in [5.41, 5.74) is 12.2. The number of halogens is 2. The Bertz CT molecular complexity index is 605. The van der Waals surface area contributed by atoms with Crippen LogP contribution in [0.15, 0.2) is 28.2 Å². The average molecular weight is 360 g/mol. The zero-order valence-corrected chi connectivity index (χ0v) is 13.9. The first-order valence-electron chi connectivity index (χ1n) is 6.91. The monoisotopic (exact) mass is 359 g/mol. The molecule has 0 heterocycles. The highest BCUT2D eigenvalue weighted by molar-refractivity contribution is 6.42. The number of benzene rings is 1. The molecule has 0 fully saturated rings. The number of nitrogens with two attached hydrogens (primary N) is 2. The fraction of sp³-hybridized carbons (Fsp3) is 0.357. The van der Waals surface area contributed by atoms with Gasteiger partial charge in [-0.2, -0.15) is 0 Å². The summed E-state index contributed by atoms with van der Waals surface area (Å²) < 4.78 is 0. The van der Waals surface area contributed by atoms with Crippen LogP contribution in [0.2, 0.25) is 10.0 Å². The quantitative estimate of drug-likeness (QED) is 0.336. The number of rotatable bonds is 7. The van der Waals surface area contributed by atoms with E-state index in [1.54, 1.807) is 18.2 Å². The minimum Gasteiger partial charge on any atom is -0.481 e. The second-order valence-electron chi connectivity index (χ2n) is 4.69. The third-order valence-corrected chi connectivity index (χ3v) is 3.49. The fourth-order valence-corrected chi connectivity index (χ4v) is 1.93. The summed E-state index contributed by atoms with van der Waals surface area (Å²) >= 11 is 11.7. The first-order valence-corrected chi connectivity index (χ1v) is 7.66. The standard InChI is InChI=1S/C14H19Cl2N5O2/c15-10-5-4-9(7-11(10)16)8-20-14(18)21-13(17)19-6-2-1-3-12(22)23/h4-5,7H,1-3,6,8H2,(H,22,23)(H5,17,18,19,20,21). The average Bonchev–Trinajstić information content (AvgIpc) is 2.47. The topological polar surface area (TPSA) is 126 Å². The number of carboxylic acids is 1. The van der Waals surface area contributed by atoms with Gasteiger partial charge < -0.3 is 16.6 Å². The lowest BCUT2D eigenvalue weighted by Crippen LogP contribution is -2.41. The molecule has 0 aliphatic rings. The van der Waals surface area contributed by atoms with Crippen LogP contribution < -0.4 is 16.8 Å². The number of aliphatic carboxylic acids is 1. The molecule has 0 spiro atoms. The molecule has 9 heteroatoms. The van der Waals surface area contributed by atoms with Gasteiger partial charge in [0.25, 0.3) is 0 Å². The first-order chi connectivity index (χ1) is 10.9. The lowest BCUT2D eigenvalue weighted by molar-refractivity contribution is -0.137. The lowest BCUT2D eigenvalue weighted by atomic mass is 10.2. The minimum atomic E-state index is -0.821. The molecule has 1 rings (SSSR count). The van der Waals surface area contributed by atoms with E-state index >= 15 is 0 Å². The lowest BCUT2D eigenvalue weighted by Gasteiger charge is -2.05. The van der Waals surface area contributed by atoms with Crippen molar-refractivity contribution >= 4 is 41.1 Å². The molecule has 0 saturated heterocycles. The Kier molecular flexibility index (Phi) is 8.21. The molecule has 0 atom stereocenters. The van der Waals surface area contributed by atoms with Gasteiger partial charge in [-0.15, -0.1) is 0 Å². The summed E-state index contributed by atoms with van der Waals surface area (Å²) in [6.07, 6.45) is 1.30. The van der Waals surface area contributed by atoms with Crippen LogP contribution in [0.1, 0.15) is 24.8 Å². The Morgan fingerprint density at radius 1 is 1.13 bits per heavy atom. The number of hydrogen-bond acceptors (Lipinski definition) is 3. The van der Waals surface area contributed by atoms with Crippen LogP contribution in [0.3, 0.4) is 0 Å². The number of nitrogens with one attached hydrogen (secondary N) is 1. The van der Waals surface area contributed by atoms with Crippen molar-refractivity contribution in [2.24, 2.45) is 21.5 Å². The van der Waals surface area contributed by atoms with E-state index in [1.807, 2.05) is 0 Å². The molecule has 1 aromatic carbocycles. The highest BCUT2D eigenvalue weighted by Crippen LogP contribution is 2.22. The third-order valence-electron chi connectivity index (χ3n) is 2.75. The number of unbranched alkanes of at least 4 members (excludes halogenated alkanes) is 1. The van der Waals surface area contributed by atoms with Crippen molar-refractivity contribution in [1.82, 2.24) is 5.32 Å². The summed E-state index contributed by atoms with van der Waals surface area (Å²) in [4.78, 5) is 18.5. The van der Waals surface area contributed by atoms with Gasteiger partial charge in [-0.3, -0.25) is 15.1 Å². The molecule has 0 saturated carbocycles. The van der Waals surface area contributed by atoms with Crippen molar-refractivity contribution in [1.29, 1.82) is 0 Å². The van der Waals surface area contributed by atoms with Gasteiger partial charge in [0, 0.05) is 13.0 Å². The number of carbonyl (C=O) groups is 1. The maximum atomic E-state index is 10.3. The summed E-state index contributed by atoms with van der Waals surface area (Å²) in [7, 11) is 0. The van der Waals surface area contributed by atoms with Gasteiger partial charge in [-0.05, 0) is 30.5 Å². The van der Waals surface area contributed by atoms with E-state index in [4.69, 9.17) is 39.8 Å². The molecular formula is C14H19Cl2N5O2. The Hall–Kier alpha value is -1.99. The summed E-state index contributed by atoms with van der Waals surface area (Å²) in [5.74, 6) is -0.558. The molecule has 0 amide bonds. The van der Waals surface area contributed by atoms with E-state index in [-0.39, 0.29) is 18.3 Å². The largest absolute Gasteiger partial charge is 0.481 e. The van der Waals surface area contributed by atoms with Crippen molar-refractivity contribution < 1.29 is 9.90 Å². The summed E-state index contributed by atoms with van der Waals surface area (Å²) in [6.45, 7) is 0.744. The molecule has 0 unspecified atom stereocenters. The molecule has 0 bridgehead atoms. The first kappa shape index (κ1) is 19.1. The van der Waals surface area contributed by atoms with E-state index in [1.165, 1.54) is 0 Å². The summed E-state index contributed by atoms with van der Waals surface area (Å²) in [5, 5.41) is 12.1. The molecule has 0 aliphatic heterocycles. The van der Waals surface area contributed by atoms with Gasteiger partial charge in [-0.1, -0.05) is 29.3 Å². The van der Waals surface area contributed by atoms with E-state index < -0.39 is 5.97 Å². The Labute approximate surface area is 144 Å². The van der Waals surface area contributed by atoms with Gasteiger partial charge >= 0.3 is 5.97 Å². The second kappa shape index (κ2) is 9.91. The minimum absolute atomic E-state index is 0.121. The molecule has 6 N–H and O–H groups in total. The maximum Gasteiger partial charge on any atom is 0.303 e. The number of guanidine groups is 2. The Balaban J connectivity index is 2.39. The predicted octanol–water partition coefficient (Wildman–Crippen LogP) is 1.97. The van der Waals surface area contributed by atoms with Crippen molar-refractivity contribution in [3.63, 3.8) is 0 Å².